The normalized spacial score (nSPS) is 15.0. The lowest BCUT2D eigenvalue weighted by molar-refractivity contribution is 0.282. The lowest BCUT2D eigenvalue weighted by Crippen LogP contribution is -2.43. The van der Waals surface area contributed by atoms with E-state index in [1.165, 1.54) is 19.3 Å². The van der Waals surface area contributed by atoms with E-state index < -0.39 is 0 Å². The van der Waals surface area contributed by atoms with Gasteiger partial charge in [0.1, 0.15) is 17.5 Å². The molecule has 0 aliphatic heterocycles. The molecule has 0 bridgehead atoms. The Morgan fingerprint density at radius 3 is 2.60 bits per heavy atom. The summed E-state index contributed by atoms with van der Waals surface area (Å²) in [5, 5.41) is 12.5. The molecule has 2 N–H and O–H groups in total. The minimum Gasteiger partial charge on any atom is -0.395 e. The zero-order valence-electron chi connectivity index (χ0n) is 12.8. The first-order valence-corrected chi connectivity index (χ1v) is 7.64. The van der Waals surface area contributed by atoms with Crippen LogP contribution in [-0.2, 0) is 6.42 Å². The third-order valence-electron chi connectivity index (χ3n) is 4.01. The second-order valence-corrected chi connectivity index (χ2v) is 5.44. The van der Waals surface area contributed by atoms with Crippen molar-refractivity contribution < 1.29 is 5.11 Å². The summed E-state index contributed by atoms with van der Waals surface area (Å²) in [5.41, 5.74) is 1.08. The molecule has 1 aromatic heterocycles. The molecule has 112 valence electrons. The van der Waals surface area contributed by atoms with E-state index >= 15 is 0 Å². The molecular weight excluding hydrogens is 252 g/mol. The van der Waals surface area contributed by atoms with Gasteiger partial charge in [0.25, 0.3) is 0 Å². The van der Waals surface area contributed by atoms with Crippen molar-refractivity contribution in [3.63, 3.8) is 0 Å². The van der Waals surface area contributed by atoms with Crippen molar-refractivity contribution in [1.29, 1.82) is 0 Å². The standard InChI is InChI=1S/C15H26N4O/c1-4-6-13-17-14(16-3)11(2)15(18-13)19(9-10-20)12-7-5-8-12/h12,20H,4-10H2,1-3H3,(H,16,17,18). The molecule has 5 heteroatoms. The zero-order valence-corrected chi connectivity index (χ0v) is 12.8. The Morgan fingerprint density at radius 2 is 2.10 bits per heavy atom. The van der Waals surface area contributed by atoms with E-state index in [1.54, 1.807) is 0 Å². The first-order valence-electron chi connectivity index (χ1n) is 7.64. The summed E-state index contributed by atoms with van der Waals surface area (Å²) in [5.74, 6) is 2.78. The fourth-order valence-corrected chi connectivity index (χ4v) is 2.68. The van der Waals surface area contributed by atoms with Gasteiger partial charge < -0.3 is 15.3 Å². The van der Waals surface area contributed by atoms with E-state index in [4.69, 9.17) is 4.98 Å². The SMILES string of the molecule is CCCc1nc(NC)c(C)c(N(CCO)C2CCC2)n1. The predicted molar refractivity (Wildman–Crippen MR) is 82.4 cm³/mol. The maximum Gasteiger partial charge on any atom is 0.137 e. The Balaban J connectivity index is 2.37. The average molecular weight is 278 g/mol. The topological polar surface area (TPSA) is 61.3 Å². The van der Waals surface area contributed by atoms with Crippen LogP contribution in [0.4, 0.5) is 11.6 Å². The maximum atomic E-state index is 9.36. The Hall–Kier alpha value is -1.36. The molecule has 0 unspecified atom stereocenters. The van der Waals surface area contributed by atoms with Crippen molar-refractivity contribution in [1.82, 2.24) is 9.97 Å². The fraction of sp³-hybridized carbons (Fsp3) is 0.733. The summed E-state index contributed by atoms with van der Waals surface area (Å²) < 4.78 is 0. The molecule has 0 aromatic carbocycles. The van der Waals surface area contributed by atoms with Gasteiger partial charge in [-0.3, -0.25) is 0 Å². The van der Waals surface area contributed by atoms with Gasteiger partial charge in [-0.15, -0.1) is 0 Å². The van der Waals surface area contributed by atoms with Gasteiger partial charge in [-0.25, -0.2) is 9.97 Å². The smallest absolute Gasteiger partial charge is 0.137 e. The number of hydrogen-bond acceptors (Lipinski definition) is 5. The number of nitrogens with zero attached hydrogens (tertiary/aromatic N) is 3. The van der Waals surface area contributed by atoms with Crippen LogP contribution in [0.25, 0.3) is 0 Å². The third-order valence-corrected chi connectivity index (χ3v) is 4.01. The van der Waals surface area contributed by atoms with Crippen LogP contribution >= 0.6 is 0 Å². The van der Waals surface area contributed by atoms with Crippen LogP contribution < -0.4 is 10.2 Å². The first-order chi connectivity index (χ1) is 9.71. The van der Waals surface area contributed by atoms with E-state index in [0.29, 0.717) is 12.6 Å². The van der Waals surface area contributed by atoms with Gasteiger partial charge in [0.2, 0.25) is 0 Å². The van der Waals surface area contributed by atoms with Gasteiger partial charge in [0, 0.05) is 31.6 Å². The van der Waals surface area contributed by atoms with Crippen molar-refractivity contribution in [3.05, 3.63) is 11.4 Å². The largest absolute Gasteiger partial charge is 0.395 e. The van der Waals surface area contributed by atoms with E-state index in [1.807, 2.05) is 7.05 Å². The van der Waals surface area contributed by atoms with E-state index in [0.717, 1.165) is 35.9 Å². The minimum absolute atomic E-state index is 0.165. The van der Waals surface area contributed by atoms with Crippen LogP contribution in [0.15, 0.2) is 0 Å². The highest BCUT2D eigenvalue weighted by Gasteiger charge is 2.27. The molecule has 0 radical (unpaired) electrons. The molecule has 1 aliphatic carbocycles. The van der Waals surface area contributed by atoms with Crippen LogP contribution in [0.3, 0.4) is 0 Å². The third kappa shape index (κ3) is 3.03. The van der Waals surface area contributed by atoms with E-state index in [2.05, 4.69) is 29.0 Å². The molecule has 0 spiro atoms. The van der Waals surface area contributed by atoms with Crippen molar-refractivity contribution >= 4 is 11.6 Å². The molecule has 0 amide bonds. The number of aryl methyl sites for hydroxylation is 1. The molecule has 2 rings (SSSR count). The number of aliphatic hydroxyl groups is 1. The summed E-state index contributed by atoms with van der Waals surface area (Å²) in [7, 11) is 1.90. The number of hydrogen-bond donors (Lipinski definition) is 2. The molecule has 1 fully saturated rings. The van der Waals surface area contributed by atoms with Crippen molar-refractivity contribution in [2.45, 2.75) is 52.0 Å². The molecule has 1 aliphatic rings. The summed E-state index contributed by atoms with van der Waals surface area (Å²) >= 11 is 0. The Kier molecular flexibility index (Phi) is 5.17. The van der Waals surface area contributed by atoms with Crippen LogP contribution in [0.1, 0.15) is 44.0 Å². The van der Waals surface area contributed by atoms with Gasteiger partial charge >= 0.3 is 0 Å². The van der Waals surface area contributed by atoms with Gasteiger partial charge in [0.15, 0.2) is 0 Å². The number of anilines is 2. The number of aliphatic hydroxyl groups excluding tert-OH is 1. The molecule has 0 atom stereocenters. The highest BCUT2D eigenvalue weighted by Crippen LogP contribution is 2.32. The second-order valence-electron chi connectivity index (χ2n) is 5.44. The van der Waals surface area contributed by atoms with Gasteiger partial charge in [-0.05, 0) is 32.6 Å². The van der Waals surface area contributed by atoms with E-state index in [9.17, 15) is 5.11 Å². The Labute approximate surface area is 121 Å². The van der Waals surface area contributed by atoms with Crippen LogP contribution in [0.2, 0.25) is 0 Å². The minimum atomic E-state index is 0.165. The quantitative estimate of drug-likeness (QED) is 0.800. The molecule has 20 heavy (non-hydrogen) atoms. The number of aromatic nitrogens is 2. The summed E-state index contributed by atoms with van der Waals surface area (Å²) in [6, 6.07) is 0.523. The summed E-state index contributed by atoms with van der Waals surface area (Å²) in [4.78, 5) is 11.6. The molecular formula is C15H26N4O. The lowest BCUT2D eigenvalue weighted by Gasteiger charge is -2.39. The second kappa shape index (κ2) is 6.88. The Morgan fingerprint density at radius 1 is 1.35 bits per heavy atom. The van der Waals surface area contributed by atoms with Gasteiger partial charge in [-0.1, -0.05) is 6.92 Å². The lowest BCUT2D eigenvalue weighted by atomic mass is 9.91. The predicted octanol–water partition coefficient (Wildman–Crippen LogP) is 2.13. The molecule has 1 heterocycles. The number of rotatable bonds is 7. The summed E-state index contributed by atoms with van der Waals surface area (Å²) in [6.07, 6.45) is 5.59. The molecule has 5 nitrogen and oxygen atoms in total. The van der Waals surface area contributed by atoms with Crippen molar-refractivity contribution in [2.24, 2.45) is 0 Å². The van der Waals surface area contributed by atoms with E-state index in [-0.39, 0.29) is 6.61 Å². The molecule has 0 saturated heterocycles. The Bertz CT molecular complexity index is 446. The fourth-order valence-electron chi connectivity index (χ4n) is 2.68. The van der Waals surface area contributed by atoms with Crippen LogP contribution in [0, 0.1) is 6.92 Å². The first kappa shape index (κ1) is 15.0. The monoisotopic (exact) mass is 278 g/mol. The van der Waals surface area contributed by atoms with Crippen LogP contribution in [0.5, 0.6) is 0 Å². The van der Waals surface area contributed by atoms with Crippen LogP contribution in [-0.4, -0.2) is 41.3 Å². The summed E-state index contributed by atoms with van der Waals surface area (Å²) in [6.45, 7) is 5.01. The maximum absolute atomic E-state index is 9.36. The molecule has 1 aromatic rings. The van der Waals surface area contributed by atoms with Gasteiger partial charge in [0.05, 0.1) is 6.61 Å². The zero-order chi connectivity index (χ0) is 14.5. The number of nitrogens with one attached hydrogen (secondary N) is 1. The molecule has 1 saturated carbocycles. The van der Waals surface area contributed by atoms with Crippen molar-refractivity contribution in [2.75, 3.05) is 30.4 Å². The van der Waals surface area contributed by atoms with Crippen molar-refractivity contribution in [3.8, 4) is 0 Å². The average Bonchev–Trinajstić information content (AvgIpc) is 2.38. The highest BCUT2D eigenvalue weighted by molar-refractivity contribution is 5.59. The van der Waals surface area contributed by atoms with Gasteiger partial charge in [-0.2, -0.15) is 0 Å². The highest BCUT2D eigenvalue weighted by atomic mass is 16.3.